The van der Waals surface area contributed by atoms with E-state index in [0.717, 1.165) is 40.1 Å². The van der Waals surface area contributed by atoms with Crippen LogP contribution in [0.15, 0.2) is 70.4 Å². The van der Waals surface area contributed by atoms with E-state index in [1.165, 1.54) is 22.3 Å². The van der Waals surface area contributed by atoms with Crippen molar-refractivity contribution in [3.05, 3.63) is 71.4 Å². The molecule has 7 nitrogen and oxygen atoms in total. The fourth-order valence-corrected chi connectivity index (χ4v) is 5.12. The van der Waals surface area contributed by atoms with Crippen LogP contribution in [0.2, 0.25) is 0 Å². The molecule has 1 amide bonds. The highest BCUT2D eigenvalue weighted by Gasteiger charge is 2.35. The molecule has 3 heterocycles. The molecule has 0 saturated carbocycles. The van der Waals surface area contributed by atoms with Crippen molar-refractivity contribution in [2.75, 3.05) is 6.61 Å². The molecule has 2 aliphatic heterocycles. The van der Waals surface area contributed by atoms with Gasteiger partial charge in [-0.1, -0.05) is 51.1 Å². The van der Waals surface area contributed by atoms with Crippen LogP contribution in [0.25, 0.3) is 17.0 Å². The number of carbonyl (C=O) groups is 1. The Hall–Kier alpha value is -3.65. The molecule has 0 bridgehead atoms. The van der Waals surface area contributed by atoms with E-state index in [4.69, 9.17) is 10.1 Å². The van der Waals surface area contributed by atoms with Gasteiger partial charge in [0.15, 0.2) is 5.84 Å². The predicted molar refractivity (Wildman–Crippen MR) is 148 cm³/mol. The minimum Gasteiger partial charge on any atom is -0.492 e. The number of aromatic nitrogens is 1. The first-order valence-corrected chi connectivity index (χ1v) is 13.1. The minimum atomic E-state index is -0.410. The summed E-state index contributed by atoms with van der Waals surface area (Å²) in [5, 5.41) is 16.8. The van der Waals surface area contributed by atoms with Gasteiger partial charge in [0.2, 0.25) is 5.17 Å². The second-order valence-corrected chi connectivity index (χ2v) is 9.93. The first-order valence-electron chi connectivity index (χ1n) is 12.3. The number of hydrogen-bond donors (Lipinski definition) is 1. The number of rotatable bonds is 8. The number of ether oxygens (including phenoxy) is 1. The topological polar surface area (TPSA) is 83.0 Å². The molecule has 2 aliphatic rings. The standard InChI is InChI=1S/C28H29N5O2S/c1-4-18(3)19-10-12-21(13-11-19)35-15-14-32-17-20(22-8-6-7-9-24(22)32)16-23-26(29)33-28(30-27(23)34)36-25(5-2)31-33/h6-13,16-18,29H,4-5,14-15H2,1-3H3/b23-16-,29-26?/t18-/m0/s1. The number of carbonyl (C=O) groups excluding carboxylic acids is 1. The Morgan fingerprint density at radius 2 is 1.92 bits per heavy atom. The molecule has 0 aliphatic carbocycles. The smallest absolute Gasteiger partial charge is 0.283 e. The number of amides is 1. The zero-order valence-electron chi connectivity index (χ0n) is 20.7. The van der Waals surface area contributed by atoms with Crippen molar-refractivity contribution in [2.24, 2.45) is 10.1 Å². The third-order valence-electron chi connectivity index (χ3n) is 6.58. The van der Waals surface area contributed by atoms with E-state index >= 15 is 0 Å². The molecule has 0 unspecified atom stereocenters. The van der Waals surface area contributed by atoms with Gasteiger partial charge in [-0.2, -0.15) is 15.1 Å². The summed E-state index contributed by atoms with van der Waals surface area (Å²) in [6.45, 7) is 7.58. The number of fused-ring (bicyclic) bond motifs is 2. The minimum absolute atomic E-state index is 0.0574. The summed E-state index contributed by atoms with van der Waals surface area (Å²) in [5.74, 6) is 1.04. The lowest BCUT2D eigenvalue weighted by atomic mass is 9.99. The van der Waals surface area contributed by atoms with Crippen molar-refractivity contribution in [2.45, 2.75) is 46.1 Å². The van der Waals surface area contributed by atoms with Crippen molar-refractivity contribution >= 4 is 50.7 Å². The summed E-state index contributed by atoms with van der Waals surface area (Å²) in [5.41, 5.74) is 3.47. The van der Waals surface area contributed by atoms with E-state index in [0.29, 0.717) is 24.2 Å². The fraction of sp³-hybridized carbons (Fsp3) is 0.286. The van der Waals surface area contributed by atoms with Gasteiger partial charge in [-0.25, -0.2) is 0 Å². The maximum Gasteiger partial charge on any atom is 0.283 e. The van der Waals surface area contributed by atoms with Crippen LogP contribution < -0.4 is 4.74 Å². The lowest BCUT2D eigenvalue weighted by molar-refractivity contribution is -0.114. The van der Waals surface area contributed by atoms with Crippen LogP contribution >= 0.6 is 11.8 Å². The number of benzene rings is 2. The second kappa shape index (κ2) is 10.1. The number of hydrogen-bond acceptors (Lipinski definition) is 5. The van der Waals surface area contributed by atoms with Crippen molar-refractivity contribution in [3.8, 4) is 5.75 Å². The van der Waals surface area contributed by atoms with E-state index in [2.05, 4.69) is 46.7 Å². The highest BCUT2D eigenvalue weighted by Crippen LogP contribution is 2.31. The number of amidine groups is 2. The Balaban J connectivity index is 1.36. The summed E-state index contributed by atoms with van der Waals surface area (Å²) < 4.78 is 8.15. The van der Waals surface area contributed by atoms with Crippen LogP contribution in [-0.4, -0.2) is 38.1 Å². The molecule has 5 rings (SSSR count). The van der Waals surface area contributed by atoms with Gasteiger partial charge in [0.05, 0.1) is 12.1 Å². The molecular weight excluding hydrogens is 470 g/mol. The molecular formula is C28H29N5O2S. The molecule has 36 heavy (non-hydrogen) atoms. The number of nitrogens with zero attached hydrogens (tertiary/aromatic N) is 4. The Bertz CT molecular complexity index is 1420. The average Bonchev–Trinajstić information content (AvgIpc) is 3.48. The van der Waals surface area contributed by atoms with Gasteiger partial charge in [-0.15, -0.1) is 0 Å². The van der Waals surface area contributed by atoms with E-state index < -0.39 is 5.91 Å². The number of thioether (sulfide) groups is 1. The van der Waals surface area contributed by atoms with Crippen LogP contribution in [0.3, 0.4) is 0 Å². The van der Waals surface area contributed by atoms with Gasteiger partial charge in [0, 0.05) is 22.7 Å². The molecule has 184 valence electrons. The normalized spacial score (nSPS) is 17.4. The lowest BCUT2D eigenvalue weighted by Gasteiger charge is -2.20. The number of para-hydroxylation sites is 1. The van der Waals surface area contributed by atoms with E-state index in [1.54, 1.807) is 6.08 Å². The Labute approximate surface area is 215 Å². The highest BCUT2D eigenvalue weighted by molar-refractivity contribution is 8.26. The van der Waals surface area contributed by atoms with Gasteiger partial charge in [-0.3, -0.25) is 10.2 Å². The maximum absolute atomic E-state index is 12.8. The molecule has 0 fully saturated rings. The Kier molecular flexibility index (Phi) is 6.78. The number of aliphatic imine (C=N–C) groups is 1. The van der Waals surface area contributed by atoms with Gasteiger partial charge < -0.3 is 9.30 Å². The molecule has 8 heteroatoms. The molecule has 0 saturated heterocycles. The van der Waals surface area contributed by atoms with Crippen molar-refractivity contribution in [3.63, 3.8) is 0 Å². The van der Waals surface area contributed by atoms with Gasteiger partial charge >= 0.3 is 0 Å². The highest BCUT2D eigenvalue weighted by atomic mass is 32.2. The molecule has 0 spiro atoms. The van der Waals surface area contributed by atoms with Crippen LogP contribution in [0, 0.1) is 5.41 Å². The molecule has 2 aromatic carbocycles. The van der Waals surface area contributed by atoms with Crippen molar-refractivity contribution in [1.29, 1.82) is 5.41 Å². The van der Waals surface area contributed by atoms with Crippen LogP contribution in [0.4, 0.5) is 0 Å². The summed E-state index contributed by atoms with van der Waals surface area (Å²) in [7, 11) is 0. The SMILES string of the molecule is CCC1=NN2C(=N)/C(=C/c3cn(CCOc4ccc([C@@H](C)CC)cc4)c4ccccc34)C(=O)N=C2S1. The monoisotopic (exact) mass is 499 g/mol. The van der Waals surface area contributed by atoms with E-state index in [1.807, 2.05) is 43.5 Å². The predicted octanol–water partition coefficient (Wildman–Crippen LogP) is 6.26. The largest absolute Gasteiger partial charge is 0.492 e. The molecule has 3 aromatic rings. The van der Waals surface area contributed by atoms with Gasteiger partial charge in [0.25, 0.3) is 5.91 Å². The maximum atomic E-state index is 12.8. The third kappa shape index (κ3) is 4.60. The molecule has 1 atom stereocenters. The molecule has 1 N–H and O–H groups in total. The first kappa shape index (κ1) is 24.1. The summed E-state index contributed by atoms with van der Waals surface area (Å²) in [4.78, 5) is 17.0. The van der Waals surface area contributed by atoms with Gasteiger partial charge in [-0.05, 0) is 60.4 Å². The van der Waals surface area contributed by atoms with Crippen molar-refractivity contribution < 1.29 is 9.53 Å². The Morgan fingerprint density at radius 1 is 1.14 bits per heavy atom. The summed E-state index contributed by atoms with van der Waals surface area (Å²) >= 11 is 1.35. The number of nitrogens with one attached hydrogen (secondary N) is 1. The fourth-order valence-electron chi connectivity index (χ4n) is 4.30. The number of hydrazone groups is 1. The van der Waals surface area contributed by atoms with Crippen molar-refractivity contribution in [1.82, 2.24) is 9.58 Å². The van der Waals surface area contributed by atoms with E-state index in [9.17, 15) is 4.79 Å². The molecule has 1 aromatic heterocycles. The lowest BCUT2D eigenvalue weighted by Crippen LogP contribution is -2.35. The van der Waals surface area contributed by atoms with Crippen LogP contribution in [0.1, 0.15) is 50.7 Å². The third-order valence-corrected chi connectivity index (χ3v) is 7.63. The zero-order valence-corrected chi connectivity index (χ0v) is 21.5. The van der Waals surface area contributed by atoms with Gasteiger partial charge in [0.1, 0.15) is 17.4 Å². The summed E-state index contributed by atoms with van der Waals surface area (Å²) in [6.07, 6.45) is 5.61. The first-order chi connectivity index (χ1) is 17.5. The molecule has 0 radical (unpaired) electrons. The van der Waals surface area contributed by atoms with E-state index in [-0.39, 0.29) is 11.4 Å². The zero-order chi connectivity index (χ0) is 25.2. The summed E-state index contributed by atoms with van der Waals surface area (Å²) in [6, 6.07) is 16.4. The second-order valence-electron chi connectivity index (χ2n) is 8.89. The quantitative estimate of drug-likeness (QED) is 0.371. The van der Waals surface area contributed by atoms with Crippen LogP contribution in [0.5, 0.6) is 5.75 Å². The van der Waals surface area contributed by atoms with Crippen LogP contribution in [-0.2, 0) is 11.3 Å². The average molecular weight is 500 g/mol. The Morgan fingerprint density at radius 3 is 2.67 bits per heavy atom.